The summed E-state index contributed by atoms with van der Waals surface area (Å²) in [6.45, 7) is 3.52. The van der Waals surface area contributed by atoms with E-state index in [1.165, 1.54) is 0 Å². The SMILES string of the molecule is Cc1ccc(C(O)CC2NCCNC2=C=O)cc1. The topological polar surface area (TPSA) is 61.4 Å². The number of aliphatic hydroxyl groups excluding tert-OH is 1. The molecule has 0 saturated carbocycles. The highest BCUT2D eigenvalue weighted by Crippen LogP contribution is 2.21. The predicted molar refractivity (Wildman–Crippen MR) is 69.8 cm³/mol. The van der Waals surface area contributed by atoms with Crippen molar-refractivity contribution in [3.05, 3.63) is 41.1 Å². The van der Waals surface area contributed by atoms with Crippen molar-refractivity contribution >= 4 is 5.94 Å². The number of rotatable bonds is 3. The maximum atomic E-state index is 10.8. The van der Waals surface area contributed by atoms with Gasteiger partial charge in [0.15, 0.2) is 0 Å². The van der Waals surface area contributed by atoms with Crippen LogP contribution in [0.2, 0.25) is 0 Å². The van der Waals surface area contributed by atoms with Gasteiger partial charge in [0.1, 0.15) is 11.6 Å². The van der Waals surface area contributed by atoms with Crippen molar-refractivity contribution in [2.75, 3.05) is 13.1 Å². The number of nitrogens with one attached hydrogen (secondary N) is 2. The van der Waals surface area contributed by atoms with Crippen LogP contribution in [0.1, 0.15) is 23.7 Å². The van der Waals surface area contributed by atoms with E-state index in [2.05, 4.69) is 10.6 Å². The van der Waals surface area contributed by atoms with Gasteiger partial charge in [0.2, 0.25) is 0 Å². The normalized spacial score (nSPS) is 21.0. The fourth-order valence-electron chi connectivity index (χ4n) is 2.13. The van der Waals surface area contributed by atoms with Crippen molar-refractivity contribution in [3.63, 3.8) is 0 Å². The van der Waals surface area contributed by atoms with Crippen LogP contribution in [0.4, 0.5) is 0 Å². The van der Waals surface area contributed by atoms with Crippen molar-refractivity contribution in [2.45, 2.75) is 25.5 Å². The fraction of sp³-hybridized carbons (Fsp3) is 0.429. The number of benzene rings is 1. The van der Waals surface area contributed by atoms with Crippen LogP contribution in [0.15, 0.2) is 30.0 Å². The Morgan fingerprint density at radius 1 is 1.39 bits per heavy atom. The van der Waals surface area contributed by atoms with Gasteiger partial charge in [0.05, 0.1) is 12.1 Å². The molecule has 18 heavy (non-hydrogen) atoms. The molecular weight excluding hydrogens is 228 g/mol. The first-order valence-corrected chi connectivity index (χ1v) is 6.17. The minimum Gasteiger partial charge on any atom is -0.388 e. The van der Waals surface area contributed by atoms with Gasteiger partial charge in [-0.25, -0.2) is 4.79 Å². The van der Waals surface area contributed by atoms with Crippen LogP contribution in [-0.2, 0) is 4.79 Å². The van der Waals surface area contributed by atoms with E-state index in [1.54, 1.807) is 0 Å². The van der Waals surface area contributed by atoms with Crippen molar-refractivity contribution in [1.82, 2.24) is 10.6 Å². The molecule has 1 aliphatic rings. The average molecular weight is 246 g/mol. The van der Waals surface area contributed by atoms with E-state index >= 15 is 0 Å². The number of aliphatic hydroxyl groups is 1. The van der Waals surface area contributed by atoms with Gasteiger partial charge < -0.3 is 15.7 Å². The molecule has 0 radical (unpaired) electrons. The van der Waals surface area contributed by atoms with Crippen LogP contribution >= 0.6 is 0 Å². The molecule has 1 fully saturated rings. The average Bonchev–Trinajstić information content (AvgIpc) is 2.40. The lowest BCUT2D eigenvalue weighted by molar-refractivity contribution is 0.153. The number of aryl methyl sites for hydroxylation is 1. The van der Waals surface area contributed by atoms with E-state index in [9.17, 15) is 9.90 Å². The molecule has 1 saturated heterocycles. The number of hydrogen-bond acceptors (Lipinski definition) is 4. The van der Waals surface area contributed by atoms with Gasteiger partial charge in [-0.2, -0.15) is 0 Å². The molecule has 2 rings (SSSR count). The largest absolute Gasteiger partial charge is 0.388 e. The highest BCUT2D eigenvalue weighted by Gasteiger charge is 2.22. The van der Waals surface area contributed by atoms with E-state index in [1.807, 2.05) is 37.1 Å². The Kier molecular flexibility index (Phi) is 4.15. The summed E-state index contributed by atoms with van der Waals surface area (Å²) >= 11 is 0. The Bertz CT molecular complexity index is 449. The molecule has 3 N–H and O–H groups in total. The lowest BCUT2D eigenvalue weighted by atomic mass is 9.98. The van der Waals surface area contributed by atoms with Crippen LogP contribution < -0.4 is 10.6 Å². The summed E-state index contributed by atoms with van der Waals surface area (Å²) in [5.41, 5.74) is 2.54. The molecule has 4 nitrogen and oxygen atoms in total. The van der Waals surface area contributed by atoms with Gasteiger partial charge in [-0.05, 0) is 18.9 Å². The summed E-state index contributed by atoms with van der Waals surface area (Å²) in [5.74, 6) is 1.90. The van der Waals surface area contributed by atoms with Crippen molar-refractivity contribution in [1.29, 1.82) is 0 Å². The lowest BCUT2D eigenvalue weighted by Crippen LogP contribution is -2.47. The van der Waals surface area contributed by atoms with Crippen molar-refractivity contribution in [2.24, 2.45) is 0 Å². The van der Waals surface area contributed by atoms with E-state index in [0.29, 0.717) is 12.1 Å². The lowest BCUT2D eigenvalue weighted by Gasteiger charge is -2.27. The quantitative estimate of drug-likeness (QED) is 0.687. The Balaban J connectivity index is 2.04. The summed E-state index contributed by atoms with van der Waals surface area (Å²) < 4.78 is 0. The van der Waals surface area contributed by atoms with E-state index in [-0.39, 0.29) is 6.04 Å². The summed E-state index contributed by atoms with van der Waals surface area (Å²) in [5, 5.41) is 16.4. The molecular formula is C14H18N2O2. The number of carbonyl (C=O) groups excluding carboxylic acids is 1. The third kappa shape index (κ3) is 2.99. The van der Waals surface area contributed by atoms with Gasteiger partial charge in [-0.3, -0.25) is 0 Å². The van der Waals surface area contributed by atoms with Crippen LogP contribution in [0.5, 0.6) is 0 Å². The second-order valence-electron chi connectivity index (χ2n) is 4.61. The van der Waals surface area contributed by atoms with Crippen LogP contribution in [0, 0.1) is 6.92 Å². The Morgan fingerprint density at radius 2 is 2.11 bits per heavy atom. The van der Waals surface area contributed by atoms with E-state index < -0.39 is 6.10 Å². The molecule has 0 bridgehead atoms. The monoisotopic (exact) mass is 246 g/mol. The molecule has 2 atom stereocenters. The van der Waals surface area contributed by atoms with Crippen LogP contribution in [-0.4, -0.2) is 30.2 Å². The highest BCUT2D eigenvalue weighted by atomic mass is 16.3. The third-order valence-electron chi connectivity index (χ3n) is 3.21. The third-order valence-corrected chi connectivity index (χ3v) is 3.21. The predicted octanol–water partition coefficient (Wildman–Crippen LogP) is 0.695. The second-order valence-corrected chi connectivity index (χ2v) is 4.61. The van der Waals surface area contributed by atoms with Gasteiger partial charge in [-0.15, -0.1) is 0 Å². The van der Waals surface area contributed by atoms with Crippen molar-refractivity contribution < 1.29 is 9.90 Å². The standard InChI is InChI=1S/C14H18N2O2/c1-10-2-4-11(5-3-10)14(18)8-12-13(9-17)16-7-6-15-12/h2-5,12,14-16,18H,6-8H2,1H3. The first-order chi connectivity index (χ1) is 8.70. The minimum absolute atomic E-state index is 0.146. The zero-order valence-corrected chi connectivity index (χ0v) is 10.4. The molecule has 4 heteroatoms. The zero-order chi connectivity index (χ0) is 13.0. The highest BCUT2D eigenvalue weighted by molar-refractivity contribution is 5.54. The number of hydrogen-bond donors (Lipinski definition) is 3. The van der Waals surface area contributed by atoms with E-state index in [4.69, 9.17) is 0 Å². The van der Waals surface area contributed by atoms with Crippen LogP contribution in [0.25, 0.3) is 0 Å². The Morgan fingerprint density at radius 3 is 2.78 bits per heavy atom. The van der Waals surface area contributed by atoms with Gasteiger partial charge in [0.25, 0.3) is 0 Å². The molecule has 1 aromatic rings. The molecule has 1 aromatic carbocycles. The fourth-order valence-corrected chi connectivity index (χ4v) is 2.13. The van der Waals surface area contributed by atoms with Gasteiger partial charge in [-0.1, -0.05) is 29.8 Å². The molecule has 0 amide bonds. The zero-order valence-electron chi connectivity index (χ0n) is 10.4. The smallest absolute Gasteiger partial charge is 0.147 e. The maximum Gasteiger partial charge on any atom is 0.147 e. The molecule has 0 aromatic heterocycles. The molecule has 0 aliphatic carbocycles. The summed E-state index contributed by atoms with van der Waals surface area (Å²) in [6.07, 6.45) is -0.105. The first-order valence-electron chi connectivity index (χ1n) is 6.17. The molecule has 96 valence electrons. The van der Waals surface area contributed by atoms with E-state index in [0.717, 1.165) is 24.2 Å². The summed E-state index contributed by atoms with van der Waals surface area (Å²) in [7, 11) is 0. The molecule has 1 aliphatic heterocycles. The first kappa shape index (κ1) is 12.8. The minimum atomic E-state index is -0.577. The number of piperazine rings is 1. The van der Waals surface area contributed by atoms with Gasteiger partial charge in [0, 0.05) is 13.1 Å². The molecule has 2 unspecified atom stereocenters. The van der Waals surface area contributed by atoms with Crippen molar-refractivity contribution in [3.8, 4) is 0 Å². The second kappa shape index (κ2) is 5.83. The molecule has 1 heterocycles. The summed E-state index contributed by atoms with van der Waals surface area (Å²) in [4.78, 5) is 10.8. The Labute approximate surface area is 107 Å². The molecule has 0 spiro atoms. The van der Waals surface area contributed by atoms with Crippen LogP contribution in [0.3, 0.4) is 0 Å². The van der Waals surface area contributed by atoms with Gasteiger partial charge >= 0.3 is 0 Å². The Hall–Kier alpha value is -1.61. The summed E-state index contributed by atoms with van der Waals surface area (Å²) in [6, 6.07) is 7.64. The maximum absolute atomic E-state index is 10.8.